The molecule has 10 heteroatoms. The van der Waals surface area contributed by atoms with Gasteiger partial charge >= 0.3 is 0 Å². The highest BCUT2D eigenvalue weighted by Gasteiger charge is 2.36. The van der Waals surface area contributed by atoms with E-state index in [2.05, 4.69) is 19.7 Å². The van der Waals surface area contributed by atoms with Crippen LogP contribution in [-0.4, -0.2) is 35.9 Å². The van der Waals surface area contributed by atoms with E-state index in [4.69, 9.17) is 0 Å². The molecule has 1 N–H and O–H groups in total. The molecule has 0 fully saturated rings. The van der Waals surface area contributed by atoms with Crippen molar-refractivity contribution >= 4 is 44.9 Å². The van der Waals surface area contributed by atoms with Gasteiger partial charge in [0.1, 0.15) is 5.71 Å². The fourth-order valence-electron chi connectivity index (χ4n) is 3.57. The Labute approximate surface area is 191 Å². The molecule has 3 aromatic rings. The van der Waals surface area contributed by atoms with Gasteiger partial charge in [-0.3, -0.25) is 9.59 Å². The molecule has 168 valence electrons. The van der Waals surface area contributed by atoms with Crippen LogP contribution in [-0.2, 0) is 19.6 Å². The topological polar surface area (TPSA) is 122 Å². The van der Waals surface area contributed by atoms with Crippen molar-refractivity contribution in [3.8, 4) is 0 Å². The van der Waals surface area contributed by atoms with Gasteiger partial charge in [-0.05, 0) is 63.2 Å². The predicted octanol–water partition coefficient (Wildman–Crippen LogP) is 3.22. The third-order valence-electron chi connectivity index (χ3n) is 4.96. The molecule has 2 amide bonds. The second-order valence-corrected chi connectivity index (χ2v) is 9.40. The molecule has 0 radical (unpaired) electrons. The zero-order valence-corrected chi connectivity index (χ0v) is 19.3. The lowest BCUT2D eigenvalue weighted by Gasteiger charge is -2.11. The number of anilines is 2. The molecule has 0 saturated carbocycles. The van der Waals surface area contributed by atoms with Gasteiger partial charge in [-0.2, -0.15) is 0 Å². The highest BCUT2D eigenvalue weighted by atomic mass is 32.2. The van der Waals surface area contributed by atoms with Crippen LogP contribution in [0.5, 0.6) is 0 Å². The van der Waals surface area contributed by atoms with Crippen molar-refractivity contribution in [2.45, 2.75) is 32.6 Å². The largest absolute Gasteiger partial charge is 0.284 e. The molecule has 0 aliphatic carbocycles. The molecular weight excluding hydrogens is 442 g/mol. The van der Waals surface area contributed by atoms with Crippen molar-refractivity contribution in [1.82, 2.24) is 9.97 Å². The number of benzene rings is 2. The molecule has 0 saturated heterocycles. The number of aliphatic imine (C=N–C) groups is 1. The normalized spacial score (nSPS) is 14.5. The van der Waals surface area contributed by atoms with Crippen LogP contribution in [0.3, 0.4) is 0 Å². The monoisotopic (exact) mass is 463 g/mol. The second-order valence-electron chi connectivity index (χ2n) is 7.71. The van der Waals surface area contributed by atoms with Gasteiger partial charge in [0, 0.05) is 23.9 Å². The molecule has 4 rings (SSSR count). The summed E-state index contributed by atoms with van der Waals surface area (Å²) in [6.45, 7) is 6.69. The minimum atomic E-state index is -3.92. The van der Waals surface area contributed by atoms with Crippen molar-refractivity contribution in [2.75, 3.05) is 9.62 Å². The van der Waals surface area contributed by atoms with Crippen LogP contribution in [0.4, 0.5) is 17.3 Å². The number of hydrogen-bond acceptors (Lipinski definition) is 7. The molecule has 1 aliphatic rings. The number of rotatable bonds is 4. The fourth-order valence-corrected chi connectivity index (χ4v) is 4.51. The zero-order chi connectivity index (χ0) is 23.9. The number of hydrogen-bond donors (Lipinski definition) is 1. The Morgan fingerprint density at radius 3 is 2.21 bits per heavy atom. The van der Waals surface area contributed by atoms with E-state index in [1.54, 1.807) is 32.0 Å². The van der Waals surface area contributed by atoms with Crippen LogP contribution >= 0.6 is 0 Å². The Morgan fingerprint density at radius 2 is 1.61 bits per heavy atom. The third kappa shape index (κ3) is 4.37. The van der Waals surface area contributed by atoms with E-state index in [1.807, 2.05) is 13.0 Å². The smallest absolute Gasteiger partial charge is 0.274 e. The van der Waals surface area contributed by atoms with Gasteiger partial charge in [-0.1, -0.05) is 11.6 Å². The molecule has 1 aromatic heterocycles. The van der Waals surface area contributed by atoms with Crippen molar-refractivity contribution < 1.29 is 18.0 Å². The summed E-state index contributed by atoms with van der Waals surface area (Å²) < 4.78 is 27.8. The minimum Gasteiger partial charge on any atom is -0.274 e. The molecule has 0 atom stereocenters. The number of carbonyl (C=O) groups excluding carboxylic acids is 2. The van der Waals surface area contributed by atoms with Crippen molar-refractivity contribution in [2.24, 2.45) is 4.99 Å². The highest BCUT2D eigenvalue weighted by molar-refractivity contribution is 7.92. The lowest BCUT2D eigenvalue weighted by atomic mass is 10.1. The number of sulfonamides is 1. The molecule has 2 heterocycles. The Morgan fingerprint density at radius 1 is 0.970 bits per heavy atom. The van der Waals surface area contributed by atoms with Gasteiger partial charge in [0.05, 0.1) is 16.3 Å². The average molecular weight is 464 g/mol. The second kappa shape index (κ2) is 8.21. The summed E-state index contributed by atoms with van der Waals surface area (Å²) in [4.78, 5) is 38.6. The van der Waals surface area contributed by atoms with Gasteiger partial charge < -0.3 is 0 Å². The van der Waals surface area contributed by atoms with E-state index in [9.17, 15) is 18.0 Å². The fraction of sp³-hybridized carbons (Fsp3) is 0.174. The summed E-state index contributed by atoms with van der Waals surface area (Å²) >= 11 is 0. The quantitative estimate of drug-likeness (QED) is 0.634. The zero-order valence-electron chi connectivity index (χ0n) is 18.4. The minimum absolute atomic E-state index is 0.00596. The van der Waals surface area contributed by atoms with E-state index in [0.29, 0.717) is 28.3 Å². The molecule has 33 heavy (non-hydrogen) atoms. The summed E-state index contributed by atoms with van der Waals surface area (Å²) in [7, 11) is -3.92. The maximum absolute atomic E-state index is 12.9. The Balaban J connectivity index is 1.65. The summed E-state index contributed by atoms with van der Waals surface area (Å²) in [5.74, 6) is -0.936. The first-order valence-corrected chi connectivity index (χ1v) is 11.5. The lowest BCUT2D eigenvalue weighted by molar-refractivity contribution is -0.121. The Bertz CT molecular complexity index is 1410. The third-order valence-corrected chi connectivity index (χ3v) is 6.31. The van der Waals surface area contributed by atoms with Gasteiger partial charge in [0.25, 0.3) is 15.9 Å². The van der Waals surface area contributed by atoms with Crippen LogP contribution < -0.4 is 9.62 Å². The van der Waals surface area contributed by atoms with E-state index >= 15 is 0 Å². The van der Waals surface area contributed by atoms with Gasteiger partial charge in [-0.25, -0.2) is 33.0 Å². The van der Waals surface area contributed by atoms with E-state index in [-0.39, 0.29) is 16.6 Å². The van der Waals surface area contributed by atoms with Crippen LogP contribution in [0.1, 0.15) is 29.4 Å². The molecular formula is C23H21N5O4S. The summed E-state index contributed by atoms with van der Waals surface area (Å²) in [5.41, 5.74) is 3.74. The lowest BCUT2D eigenvalue weighted by Crippen LogP contribution is -2.34. The molecule has 2 aromatic carbocycles. The molecule has 1 aliphatic heterocycles. The first-order valence-electron chi connectivity index (χ1n) is 10.0. The van der Waals surface area contributed by atoms with Crippen molar-refractivity contribution in [3.63, 3.8) is 0 Å². The number of aromatic nitrogens is 2. The average Bonchev–Trinajstić information content (AvgIpc) is 2.98. The van der Waals surface area contributed by atoms with Crippen LogP contribution in [0.15, 0.2) is 58.4 Å². The van der Waals surface area contributed by atoms with Crippen LogP contribution in [0, 0.1) is 20.8 Å². The van der Waals surface area contributed by atoms with E-state index in [1.165, 1.54) is 31.2 Å². The number of aryl methyl sites for hydroxylation is 3. The molecule has 0 bridgehead atoms. The standard InChI is InChI=1S/C23H21N5O4S/c1-13-5-10-20-19(11-13)21(22(30)28(20)16(4)29)26-17-6-8-18(9-7-17)33(31,32)27-23-24-14(2)12-15(3)25-23/h5-12H,1-4H3,(H,24,25,27). The number of amides is 2. The highest BCUT2D eigenvalue weighted by Crippen LogP contribution is 2.32. The van der Waals surface area contributed by atoms with Gasteiger partial charge in [-0.15, -0.1) is 0 Å². The maximum Gasteiger partial charge on any atom is 0.284 e. The first-order chi connectivity index (χ1) is 15.5. The van der Waals surface area contributed by atoms with E-state index in [0.717, 1.165) is 10.5 Å². The van der Waals surface area contributed by atoms with Crippen LogP contribution in [0.2, 0.25) is 0 Å². The number of nitrogens with one attached hydrogen (secondary N) is 1. The molecule has 0 spiro atoms. The number of imide groups is 1. The predicted molar refractivity (Wildman–Crippen MR) is 124 cm³/mol. The van der Waals surface area contributed by atoms with Crippen molar-refractivity contribution in [3.05, 3.63) is 71.0 Å². The first kappa shape index (κ1) is 22.3. The number of fused-ring (bicyclic) bond motifs is 1. The SMILES string of the molecule is CC(=O)N1C(=O)C(=Nc2ccc(S(=O)(=O)Nc3nc(C)cc(C)n3)cc2)c2cc(C)ccc21. The maximum atomic E-state index is 12.9. The summed E-state index contributed by atoms with van der Waals surface area (Å²) in [6.07, 6.45) is 0. The van der Waals surface area contributed by atoms with Gasteiger partial charge in [0.15, 0.2) is 0 Å². The molecule has 9 nitrogen and oxygen atoms in total. The Kier molecular flexibility index (Phi) is 5.54. The number of carbonyl (C=O) groups is 2. The summed E-state index contributed by atoms with van der Waals surface area (Å²) in [6, 6.07) is 12.8. The Hall–Kier alpha value is -3.92. The molecule has 0 unspecified atom stereocenters. The summed E-state index contributed by atoms with van der Waals surface area (Å²) in [5, 5.41) is 0. The van der Waals surface area contributed by atoms with Gasteiger partial charge in [0.2, 0.25) is 11.9 Å². The van der Waals surface area contributed by atoms with Crippen molar-refractivity contribution in [1.29, 1.82) is 0 Å². The number of nitrogens with zero attached hydrogens (tertiary/aromatic N) is 4. The van der Waals surface area contributed by atoms with Crippen LogP contribution in [0.25, 0.3) is 0 Å². The van der Waals surface area contributed by atoms with E-state index < -0.39 is 21.8 Å².